The molecule has 0 aromatic carbocycles. The Bertz CT molecular complexity index is 102. The standard InChI is InChI=1S/C8H18N2O/c9-8(7-11)3-6-10-4-1-2-5-10/h8,11H,1-7,9H2/t8-/m1/s1. The molecular weight excluding hydrogens is 140 g/mol. The Balaban J connectivity index is 2.01. The molecule has 1 fully saturated rings. The summed E-state index contributed by atoms with van der Waals surface area (Å²) in [6, 6.07) is -0.0180. The van der Waals surface area contributed by atoms with Gasteiger partial charge < -0.3 is 15.7 Å². The summed E-state index contributed by atoms with van der Waals surface area (Å²) in [7, 11) is 0. The van der Waals surface area contributed by atoms with E-state index in [1.54, 1.807) is 0 Å². The number of likely N-dealkylation sites (tertiary alicyclic amines) is 1. The lowest BCUT2D eigenvalue weighted by Crippen LogP contribution is -2.31. The molecule has 0 radical (unpaired) electrons. The Morgan fingerprint density at radius 1 is 1.36 bits per heavy atom. The number of nitrogens with two attached hydrogens (primary N) is 1. The first-order valence-electron chi connectivity index (χ1n) is 4.41. The van der Waals surface area contributed by atoms with Gasteiger partial charge in [0.05, 0.1) is 6.61 Å². The van der Waals surface area contributed by atoms with Crippen LogP contribution in [0.15, 0.2) is 0 Å². The van der Waals surface area contributed by atoms with E-state index in [1.807, 2.05) is 0 Å². The van der Waals surface area contributed by atoms with E-state index >= 15 is 0 Å². The van der Waals surface area contributed by atoms with Gasteiger partial charge in [-0.2, -0.15) is 0 Å². The van der Waals surface area contributed by atoms with E-state index in [4.69, 9.17) is 10.8 Å². The highest BCUT2D eigenvalue weighted by Gasteiger charge is 2.11. The maximum Gasteiger partial charge on any atom is 0.0583 e. The molecule has 3 N–H and O–H groups in total. The summed E-state index contributed by atoms with van der Waals surface area (Å²) in [6.45, 7) is 3.62. The number of rotatable bonds is 4. The van der Waals surface area contributed by atoms with Gasteiger partial charge in [-0.1, -0.05) is 0 Å². The summed E-state index contributed by atoms with van der Waals surface area (Å²) < 4.78 is 0. The molecule has 1 aliphatic heterocycles. The van der Waals surface area contributed by atoms with Crippen LogP contribution in [-0.2, 0) is 0 Å². The summed E-state index contributed by atoms with van der Waals surface area (Å²) in [5.41, 5.74) is 5.57. The first kappa shape index (κ1) is 8.97. The van der Waals surface area contributed by atoms with Gasteiger partial charge >= 0.3 is 0 Å². The third-order valence-electron chi connectivity index (χ3n) is 2.25. The van der Waals surface area contributed by atoms with Crippen LogP contribution in [-0.4, -0.2) is 42.3 Å². The summed E-state index contributed by atoms with van der Waals surface area (Å²) in [4.78, 5) is 2.41. The predicted octanol–water partition coefficient (Wildman–Crippen LogP) is -0.208. The molecule has 0 unspecified atom stereocenters. The zero-order valence-electron chi connectivity index (χ0n) is 7.00. The molecule has 66 valence electrons. The smallest absolute Gasteiger partial charge is 0.0583 e. The number of hydrogen-bond donors (Lipinski definition) is 2. The van der Waals surface area contributed by atoms with Crippen molar-refractivity contribution >= 4 is 0 Å². The molecule has 1 atom stereocenters. The van der Waals surface area contributed by atoms with Gasteiger partial charge in [0, 0.05) is 6.04 Å². The molecule has 3 heteroatoms. The van der Waals surface area contributed by atoms with Crippen molar-refractivity contribution in [2.45, 2.75) is 25.3 Å². The van der Waals surface area contributed by atoms with Crippen molar-refractivity contribution < 1.29 is 5.11 Å². The van der Waals surface area contributed by atoms with Crippen LogP contribution in [0.25, 0.3) is 0 Å². The van der Waals surface area contributed by atoms with Crippen LogP contribution in [0.4, 0.5) is 0 Å². The normalized spacial score (nSPS) is 22.4. The van der Waals surface area contributed by atoms with E-state index in [2.05, 4.69) is 4.90 Å². The lowest BCUT2D eigenvalue weighted by Gasteiger charge is -2.16. The summed E-state index contributed by atoms with van der Waals surface area (Å²) >= 11 is 0. The first-order valence-corrected chi connectivity index (χ1v) is 4.41. The average Bonchev–Trinajstić information content (AvgIpc) is 2.52. The van der Waals surface area contributed by atoms with Gasteiger partial charge in [0.15, 0.2) is 0 Å². The van der Waals surface area contributed by atoms with Crippen LogP contribution in [0.2, 0.25) is 0 Å². The van der Waals surface area contributed by atoms with Crippen molar-refractivity contribution in [1.82, 2.24) is 4.90 Å². The van der Waals surface area contributed by atoms with Gasteiger partial charge in [-0.25, -0.2) is 0 Å². The molecule has 0 spiro atoms. The summed E-state index contributed by atoms with van der Waals surface area (Å²) in [5.74, 6) is 0. The van der Waals surface area contributed by atoms with E-state index < -0.39 is 0 Å². The highest BCUT2D eigenvalue weighted by molar-refractivity contribution is 4.69. The lowest BCUT2D eigenvalue weighted by atomic mass is 10.2. The van der Waals surface area contributed by atoms with Crippen LogP contribution in [0.5, 0.6) is 0 Å². The monoisotopic (exact) mass is 158 g/mol. The summed E-state index contributed by atoms with van der Waals surface area (Å²) in [5, 5.41) is 8.67. The molecule has 0 saturated carbocycles. The first-order chi connectivity index (χ1) is 5.33. The van der Waals surface area contributed by atoms with E-state index in [1.165, 1.54) is 25.9 Å². The number of aliphatic hydroxyl groups excluding tert-OH is 1. The van der Waals surface area contributed by atoms with Gasteiger partial charge in [0.1, 0.15) is 0 Å². The zero-order chi connectivity index (χ0) is 8.10. The second kappa shape index (κ2) is 4.70. The average molecular weight is 158 g/mol. The largest absolute Gasteiger partial charge is 0.395 e. The number of hydrogen-bond acceptors (Lipinski definition) is 3. The molecule has 0 bridgehead atoms. The van der Waals surface area contributed by atoms with Crippen LogP contribution >= 0.6 is 0 Å². The fourth-order valence-corrected chi connectivity index (χ4v) is 1.45. The SMILES string of the molecule is N[C@@H](CO)CCN1CCCC1. The van der Waals surface area contributed by atoms with Crippen molar-refractivity contribution in [2.24, 2.45) is 5.73 Å². The van der Waals surface area contributed by atoms with Crippen molar-refractivity contribution in [3.05, 3.63) is 0 Å². The molecule has 1 rings (SSSR count). The zero-order valence-corrected chi connectivity index (χ0v) is 7.00. The van der Waals surface area contributed by atoms with Crippen molar-refractivity contribution in [3.8, 4) is 0 Å². The lowest BCUT2D eigenvalue weighted by molar-refractivity contribution is 0.240. The molecule has 3 nitrogen and oxygen atoms in total. The van der Waals surface area contributed by atoms with E-state index in [0.717, 1.165) is 13.0 Å². The molecule has 11 heavy (non-hydrogen) atoms. The highest BCUT2D eigenvalue weighted by Crippen LogP contribution is 2.07. The van der Waals surface area contributed by atoms with Gasteiger partial charge in [-0.3, -0.25) is 0 Å². The van der Waals surface area contributed by atoms with Gasteiger partial charge in [-0.05, 0) is 38.9 Å². The van der Waals surface area contributed by atoms with E-state index in [-0.39, 0.29) is 12.6 Å². The molecule has 0 amide bonds. The minimum absolute atomic E-state index is 0.0180. The van der Waals surface area contributed by atoms with Crippen molar-refractivity contribution in [1.29, 1.82) is 0 Å². The minimum atomic E-state index is -0.0180. The Labute approximate surface area is 68.2 Å². The maximum absolute atomic E-state index is 8.67. The number of aliphatic hydroxyl groups is 1. The molecule has 1 aliphatic rings. The number of nitrogens with zero attached hydrogens (tertiary/aromatic N) is 1. The topological polar surface area (TPSA) is 49.5 Å². The third kappa shape index (κ3) is 3.18. The molecule has 0 aliphatic carbocycles. The van der Waals surface area contributed by atoms with Crippen molar-refractivity contribution in [3.63, 3.8) is 0 Å². The van der Waals surface area contributed by atoms with Gasteiger partial charge in [0.25, 0.3) is 0 Å². The van der Waals surface area contributed by atoms with Gasteiger partial charge in [0.2, 0.25) is 0 Å². The van der Waals surface area contributed by atoms with Crippen LogP contribution < -0.4 is 5.73 Å². The quantitative estimate of drug-likeness (QED) is 0.595. The van der Waals surface area contributed by atoms with Crippen LogP contribution in [0, 0.1) is 0 Å². The second-order valence-corrected chi connectivity index (χ2v) is 3.28. The Morgan fingerprint density at radius 2 is 2.00 bits per heavy atom. The van der Waals surface area contributed by atoms with Crippen LogP contribution in [0.1, 0.15) is 19.3 Å². The molecule has 1 heterocycles. The maximum atomic E-state index is 8.67. The minimum Gasteiger partial charge on any atom is -0.395 e. The van der Waals surface area contributed by atoms with E-state index in [9.17, 15) is 0 Å². The summed E-state index contributed by atoms with van der Waals surface area (Å²) in [6.07, 6.45) is 3.58. The van der Waals surface area contributed by atoms with Crippen molar-refractivity contribution in [2.75, 3.05) is 26.2 Å². The third-order valence-corrected chi connectivity index (χ3v) is 2.25. The van der Waals surface area contributed by atoms with Gasteiger partial charge in [-0.15, -0.1) is 0 Å². The fraction of sp³-hybridized carbons (Fsp3) is 1.00. The van der Waals surface area contributed by atoms with E-state index in [0.29, 0.717) is 0 Å². The van der Waals surface area contributed by atoms with Crippen LogP contribution in [0.3, 0.4) is 0 Å². The predicted molar refractivity (Wildman–Crippen MR) is 45.4 cm³/mol. The highest BCUT2D eigenvalue weighted by atomic mass is 16.3. The fourth-order valence-electron chi connectivity index (χ4n) is 1.45. The molecular formula is C8H18N2O. The Hall–Kier alpha value is -0.120. The second-order valence-electron chi connectivity index (χ2n) is 3.28. The molecule has 0 aromatic rings. The Kier molecular flexibility index (Phi) is 3.83. The Morgan fingerprint density at radius 3 is 2.55 bits per heavy atom. The molecule has 1 saturated heterocycles. The molecule has 0 aromatic heterocycles.